The number of aliphatic hydroxyl groups is 1. The van der Waals surface area contributed by atoms with Crippen molar-refractivity contribution in [1.82, 2.24) is 10.2 Å². The molecule has 0 aromatic carbocycles. The number of rotatable bonds is 1. The average molecular weight is 130 g/mol. The van der Waals surface area contributed by atoms with Crippen LogP contribution < -0.4 is 5.32 Å². The minimum atomic E-state index is -0.181. The summed E-state index contributed by atoms with van der Waals surface area (Å²) in [5, 5.41) is 12.4. The van der Waals surface area contributed by atoms with Crippen LogP contribution in [0.5, 0.6) is 0 Å². The summed E-state index contributed by atoms with van der Waals surface area (Å²) < 4.78 is 0. The van der Waals surface area contributed by atoms with Crippen LogP contribution in [0, 0.1) is 0 Å². The van der Waals surface area contributed by atoms with Crippen molar-refractivity contribution in [2.24, 2.45) is 0 Å². The first-order valence-corrected chi connectivity index (χ1v) is 3.27. The van der Waals surface area contributed by atoms with Gasteiger partial charge in [0.15, 0.2) is 0 Å². The van der Waals surface area contributed by atoms with E-state index in [4.69, 9.17) is 0 Å². The quantitative estimate of drug-likeness (QED) is 0.472. The van der Waals surface area contributed by atoms with Gasteiger partial charge in [0, 0.05) is 19.1 Å². The fourth-order valence-electron chi connectivity index (χ4n) is 1.18. The molecule has 0 aromatic rings. The van der Waals surface area contributed by atoms with Crippen molar-refractivity contribution in [3.8, 4) is 0 Å². The van der Waals surface area contributed by atoms with Gasteiger partial charge in [-0.1, -0.05) is 0 Å². The molecule has 9 heavy (non-hydrogen) atoms. The van der Waals surface area contributed by atoms with E-state index in [0.29, 0.717) is 6.04 Å². The minimum Gasteiger partial charge on any atom is -0.390 e. The van der Waals surface area contributed by atoms with Gasteiger partial charge < -0.3 is 15.3 Å². The van der Waals surface area contributed by atoms with Crippen molar-refractivity contribution < 1.29 is 5.11 Å². The highest BCUT2D eigenvalue weighted by Crippen LogP contribution is 2.03. The third-order valence-electron chi connectivity index (χ3n) is 1.81. The lowest BCUT2D eigenvalue weighted by Crippen LogP contribution is -2.37. The molecule has 1 heterocycles. The van der Waals surface area contributed by atoms with Gasteiger partial charge in [0.25, 0.3) is 0 Å². The summed E-state index contributed by atoms with van der Waals surface area (Å²) in [5.41, 5.74) is 0. The smallest absolute Gasteiger partial charge is 0.0831 e. The second-order valence-electron chi connectivity index (χ2n) is 2.76. The SMILES string of the molecule is CN(C)C1CNC[C@@H]1O. The maximum atomic E-state index is 9.26. The summed E-state index contributed by atoms with van der Waals surface area (Å²) in [6.45, 7) is 1.65. The first-order valence-electron chi connectivity index (χ1n) is 3.27. The van der Waals surface area contributed by atoms with E-state index in [2.05, 4.69) is 5.32 Å². The Balaban J connectivity index is 2.40. The van der Waals surface area contributed by atoms with E-state index in [1.54, 1.807) is 0 Å². The molecule has 0 bridgehead atoms. The van der Waals surface area contributed by atoms with Crippen molar-refractivity contribution >= 4 is 0 Å². The molecule has 2 atom stereocenters. The van der Waals surface area contributed by atoms with E-state index in [1.165, 1.54) is 0 Å². The third-order valence-corrected chi connectivity index (χ3v) is 1.81. The van der Waals surface area contributed by atoms with Gasteiger partial charge in [-0.3, -0.25) is 0 Å². The predicted molar refractivity (Wildman–Crippen MR) is 36.4 cm³/mol. The molecule has 3 heteroatoms. The molecule has 0 aliphatic carbocycles. The average Bonchev–Trinajstić information content (AvgIpc) is 2.13. The molecule has 0 amide bonds. The van der Waals surface area contributed by atoms with Crippen molar-refractivity contribution in [2.45, 2.75) is 12.1 Å². The summed E-state index contributed by atoms with van der Waals surface area (Å²) in [6.07, 6.45) is -0.181. The first kappa shape index (κ1) is 6.99. The van der Waals surface area contributed by atoms with Crippen molar-refractivity contribution in [2.75, 3.05) is 27.2 Å². The van der Waals surface area contributed by atoms with Gasteiger partial charge in [-0.15, -0.1) is 0 Å². The number of likely N-dealkylation sites (N-methyl/N-ethyl adjacent to an activating group) is 1. The summed E-state index contributed by atoms with van der Waals surface area (Å²) in [6, 6.07) is 0.310. The molecular weight excluding hydrogens is 116 g/mol. The Morgan fingerprint density at radius 2 is 2.11 bits per heavy atom. The van der Waals surface area contributed by atoms with Gasteiger partial charge in [0.05, 0.1) is 6.10 Å². The lowest BCUT2D eigenvalue weighted by Gasteiger charge is -2.20. The zero-order chi connectivity index (χ0) is 6.85. The molecule has 1 aliphatic heterocycles. The summed E-state index contributed by atoms with van der Waals surface area (Å²) >= 11 is 0. The molecule has 1 unspecified atom stereocenters. The van der Waals surface area contributed by atoms with Crippen molar-refractivity contribution in [3.63, 3.8) is 0 Å². The summed E-state index contributed by atoms with van der Waals surface area (Å²) in [4.78, 5) is 2.05. The summed E-state index contributed by atoms with van der Waals surface area (Å²) in [7, 11) is 3.97. The van der Waals surface area contributed by atoms with Gasteiger partial charge in [0.1, 0.15) is 0 Å². The normalized spacial score (nSPS) is 36.0. The maximum Gasteiger partial charge on any atom is 0.0831 e. The fourth-order valence-corrected chi connectivity index (χ4v) is 1.18. The van der Waals surface area contributed by atoms with Crippen LogP contribution in [-0.2, 0) is 0 Å². The zero-order valence-corrected chi connectivity index (χ0v) is 5.96. The highest BCUT2D eigenvalue weighted by atomic mass is 16.3. The number of hydrogen-bond donors (Lipinski definition) is 2. The van der Waals surface area contributed by atoms with Gasteiger partial charge in [-0.2, -0.15) is 0 Å². The van der Waals surface area contributed by atoms with Crippen LogP contribution in [0.15, 0.2) is 0 Å². The highest BCUT2D eigenvalue weighted by molar-refractivity contribution is 4.85. The van der Waals surface area contributed by atoms with Crippen LogP contribution >= 0.6 is 0 Å². The zero-order valence-electron chi connectivity index (χ0n) is 5.96. The molecular formula is C6H14N2O. The largest absolute Gasteiger partial charge is 0.390 e. The molecule has 54 valence electrons. The first-order chi connectivity index (χ1) is 4.22. The Kier molecular flexibility index (Phi) is 2.05. The highest BCUT2D eigenvalue weighted by Gasteiger charge is 2.25. The topological polar surface area (TPSA) is 35.5 Å². The van der Waals surface area contributed by atoms with Crippen LogP contribution in [0.2, 0.25) is 0 Å². The van der Waals surface area contributed by atoms with E-state index < -0.39 is 0 Å². The fraction of sp³-hybridized carbons (Fsp3) is 1.00. The van der Waals surface area contributed by atoms with E-state index >= 15 is 0 Å². The van der Waals surface area contributed by atoms with Crippen LogP contribution in [0.3, 0.4) is 0 Å². The molecule has 1 fully saturated rings. The maximum absolute atomic E-state index is 9.26. The van der Waals surface area contributed by atoms with Gasteiger partial charge in [-0.25, -0.2) is 0 Å². The monoisotopic (exact) mass is 130 g/mol. The van der Waals surface area contributed by atoms with Crippen LogP contribution in [-0.4, -0.2) is 49.3 Å². The van der Waals surface area contributed by atoms with Crippen LogP contribution in [0.25, 0.3) is 0 Å². The van der Waals surface area contributed by atoms with E-state index in [-0.39, 0.29) is 6.10 Å². The number of aliphatic hydroxyl groups excluding tert-OH is 1. The summed E-state index contributed by atoms with van der Waals surface area (Å²) in [5.74, 6) is 0. The Labute approximate surface area is 55.7 Å². The Morgan fingerprint density at radius 3 is 2.33 bits per heavy atom. The van der Waals surface area contributed by atoms with Crippen molar-refractivity contribution in [1.29, 1.82) is 0 Å². The molecule has 0 saturated carbocycles. The minimum absolute atomic E-state index is 0.181. The lowest BCUT2D eigenvalue weighted by atomic mass is 10.2. The van der Waals surface area contributed by atoms with Crippen LogP contribution in [0.1, 0.15) is 0 Å². The van der Waals surface area contributed by atoms with Crippen molar-refractivity contribution in [3.05, 3.63) is 0 Å². The van der Waals surface area contributed by atoms with Gasteiger partial charge in [0.2, 0.25) is 0 Å². The second-order valence-corrected chi connectivity index (χ2v) is 2.76. The number of nitrogens with zero attached hydrogens (tertiary/aromatic N) is 1. The molecule has 0 aromatic heterocycles. The van der Waals surface area contributed by atoms with E-state index in [0.717, 1.165) is 13.1 Å². The molecule has 1 saturated heterocycles. The standard InChI is InChI=1S/C6H14N2O/c1-8(2)5-3-7-4-6(5)9/h5-7,9H,3-4H2,1-2H3/t5?,6-/m0/s1. The molecule has 1 rings (SSSR count). The van der Waals surface area contributed by atoms with Gasteiger partial charge >= 0.3 is 0 Å². The van der Waals surface area contributed by atoms with E-state index in [1.807, 2.05) is 19.0 Å². The lowest BCUT2D eigenvalue weighted by molar-refractivity contribution is 0.114. The number of hydrogen-bond acceptors (Lipinski definition) is 3. The van der Waals surface area contributed by atoms with Gasteiger partial charge in [-0.05, 0) is 14.1 Å². The molecule has 1 aliphatic rings. The molecule has 2 N–H and O–H groups in total. The Bertz CT molecular complexity index is 95.1. The third kappa shape index (κ3) is 1.41. The number of β-amino-alcohol motifs (C(OH)–C–C–N with tert-alkyl or cyclic N) is 1. The molecule has 0 spiro atoms. The van der Waals surface area contributed by atoms with E-state index in [9.17, 15) is 5.11 Å². The van der Waals surface area contributed by atoms with Crippen LogP contribution in [0.4, 0.5) is 0 Å². The Morgan fingerprint density at radius 1 is 1.44 bits per heavy atom. The molecule has 3 nitrogen and oxygen atoms in total. The molecule has 0 radical (unpaired) electrons. The Hall–Kier alpha value is -0.120. The number of nitrogens with one attached hydrogen (secondary N) is 1. The predicted octanol–water partition coefficient (Wildman–Crippen LogP) is -1.12. The second kappa shape index (κ2) is 2.64.